The van der Waals surface area contributed by atoms with Crippen molar-refractivity contribution in [2.45, 2.75) is 32.1 Å². The number of ketones is 4. The van der Waals surface area contributed by atoms with Gasteiger partial charge >= 0.3 is 0 Å². The lowest BCUT2D eigenvalue weighted by Crippen LogP contribution is -2.09. The van der Waals surface area contributed by atoms with Gasteiger partial charge in [-0.3, -0.25) is 19.2 Å². The fraction of sp³-hybridized carbons (Fsp3) is 0.538. The highest BCUT2D eigenvalue weighted by Gasteiger charge is 2.17. The van der Waals surface area contributed by atoms with E-state index >= 15 is 0 Å². The van der Waals surface area contributed by atoms with Crippen LogP contribution in [-0.2, 0) is 23.9 Å². The summed E-state index contributed by atoms with van der Waals surface area (Å²) in [5.41, 5.74) is 0. The van der Waals surface area contributed by atoms with Crippen molar-refractivity contribution < 1.29 is 23.9 Å². The fourth-order valence-corrected chi connectivity index (χ4v) is 1.30. The van der Waals surface area contributed by atoms with Gasteiger partial charge in [0, 0.05) is 26.1 Å². The molecule has 1 saturated heterocycles. The lowest BCUT2D eigenvalue weighted by atomic mass is 10.3. The average Bonchev–Trinajstić information content (AvgIpc) is 2.74. The molecule has 3 rings (SSSR count). The third kappa shape index (κ3) is 6.20. The molecule has 0 bridgehead atoms. The van der Waals surface area contributed by atoms with Gasteiger partial charge in [0.25, 0.3) is 0 Å². The van der Waals surface area contributed by atoms with Crippen LogP contribution in [0.3, 0.4) is 0 Å². The zero-order valence-corrected chi connectivity index (χ0v) is 10.1. The number of hydrogen-bond acceptors (Lipinski definition) is 5. The third-order valence-corrected chi connectivity index (χ3v) is 2.46. The molecule has 0 atom stereocenters. The molecule has 3 aliphatic rings. The molecule has 1 saturated carbocycles. The van der Waals surface area contributed by atoms with Crippen molar-refractivity contribution in [2.24, 2.45) is 0 Å². The summed E-state index contributed by atoms with van der Waals surface area (Å²) in [7, 11) is 0. The van der Waals surface area contributed by atoms with Crippen molar-refractivity contribution in [3.8, 4) is 0 Å². The molecule has 0 aromatic carbocycles. The SMILES string of the molecule is C1COC1.O=C1C=CC(=O)C1.O=C1CCC(=O)C1. The summed E-state index contributed by atoms with van der Waals surface area (Å²) in [5.74, 6) is 0.0463. The van der Waals surface area contributed by atoms with Crippen LogP contribution < -0.4 is 0 Å². The van der Waals surface area contributed by atoms with Gasteiger partial charge in [-0.1, -0.05) is 0 Å². The van der Waals surface area contributed by atoms with Crippen molar-refractivity contribution in [1.29, 1.82) is 0 Å². The second-order valence-electron chi connectivity index (χ2n) is 4.16. The topological polar surface area (TPSA) is 77.5 Å². The van der Waals surface area contributed by atoms with Gasteiger partial charge in [0.05, 0.1) is 12.8 Å². The first-order chi connectivity index (χ1) is 8.58. The Morgan fingerprint density at radius 2 is 1.17 bits per heavy atom. The Morgan fingerprint density at radius 1 is 0.778 bits per heavy atom. The van der Waals surface area contributed by atoms with Crippen LogP contribution in [0.1, 0.15) is 32.1 Å². The Bertz CT molecular complexity index is 343. The highest BCUT2D eigenvalue weighted by molar-refractivity contribution is 6.16. The zero-order valence-electron chi connectivity index (χ0n) is 10.1. The maximum atomic E-state index is 10.2. The summed E-state index contributed by atoms with van der Waals surface area (Å²) >= 11 is 0. The van der Waals surface area contributed by atoms with Crippen molar-refractivity contribution in [3.05, 3.63) is 12.2 Å². The molecule has 98 valence electrons. The fourth-order valence-electron chi connectivity index (χ4n) is 1.30. The van der Waals surface area contributed by atoms with E-state index in [0.717, 1.165) is 13.2 Å². The third-order valence-electron chi connectivity index (χ3n) is 2.46. The molecule has 0 spiro atoms. The normalized spacial score (nSPS) is 20.9. The molecule has 2 aliphatic carbocycles. The van der Waals surface area contributed by atoms with Crippen molar-refractivity contribution >= 4 is 23.1 Å². The molecule has 2 fully saturated rings. The molecule has 0 aromatic heterocycles. The standard InChI is InChI=1S/C5H6O2.C5H4O2.C3H6O/c2*6-4-1-2-5(7)3-4;1-2-4-3-1/h1-3H2;1-2H,3H2;1-3H2. The maximum Gasteiger partial charge on any atom is 0.163 e. The molecular formula is C13H16O5. The van der Waals surface area contributed by atoms with E-state index in [1.165, 1.54) is 18.6 Å². The lowest BCUT2D eigenvalue weighted by Gasteiger charge is -2.09. The summed E-state index contributed by atoms with van der Waals surface area (Å²) in [6.45, 7) is 2.00. The summed E-state index contributed by atoms with van der Waals surface area (Å²) in [5, 5.41) is 0. The van der Waals surface area contributed by atoms with E-state index in [-0.39, 0.29) is 36.0 Å². The Morgan fingerprint density at radius 3 is 1.28 bits per heavy atom. The first kappa shape index (κ1) is 14.4. The Hall–Kier alpha value is -1.62. The van der Waals surface area contributed by atoms with E-state index in [1.807, 2.05) is 0 Å². The predicted octanol–water partition coefficient (Wildman–Crippen LogP) is 0.800. The van der Waals surface area contributed by atoms with Gasteiger partial charge in [0.15, 0.2) is 11.6 Å². The minimum Gasteiger partial charge on any atom is -0.381 e. The molecule has 0 unspecified atom stereocenters. The summed E-state index contributed by atoms with van der Waals surface area (Å²) in [4.78, 5) is 40.8. The molecule has 0 amide bonds. The van der Waals surface area contributed by atoms with Gasteiger partial charge in [-0.05, 0) is 18.6 Å². The molecular weight excluding hydrogens is 236 g/mol. The molecule has 0 N–H and O–H groups in total. The Kier molecular flexibility index (Phi) is 6.14. The molecule has 1 aliphatic heterocycles. The molecule has 5 heteroatoms. The van der Waals surface area contributed by atoms with Crippen molar-refractivity contribution in [1.82, 2.24) is 0 Å². The number of allylic oxidation sites excluding steroid dienone is 2. The van der Waals surface area contributed by atoms with E-state index in [4.69, 9.17) is 4.74 Å². The molecule has 18 heavy (non-hydrogen) atoms. The largest absolute Gasteiger partial charge is 0.381 e. The minimum atomic E-state index is -0.0787. The van der Waals surface area contributed by atoms with Crippen LogP contribution in [-0.4, -0.2) is 36.3 Å². The second-order valence-corrected chi connectivity index (χ2v) is 4.16. The van der Waals surface area contributed by atoms with Crippen LogP contribution in [0.15, 0.2) is 12.2 Å². The Labute approximate surface area is 105 Å². The van der Waals surface area contributed by atoms with Gasteiger partial charge in [-0.2, -0.15) is 0 Å². The Balaban J connectivity index is 0.000000140. The van der Waals surface area contributed by atoms with Crippen LogP contribution in [0, 0.1) is 0 Å². The van der Waals surface area contributed by atoms with Crippen LogP contribution >= 0.6 is 0 Å². The summed E-state index contributed by atoms with van der Waals surface area (Å²) < 4.78 is 4.72. The van der Waals surface area contributed by atoms with E-state index in [2.05, 4.69) is 0 Å². The van der Waals surface area contributed by atoms with Gasteiger partial charge in [-0.25, -0.2) is 0 Å². The maximum absolute atomic E-state index is 10.2. The summed E-state index contributed by atoms with van der Waals surface area (Å²) in [6.07, 6.45) is 5.14. The predicted molar refractivity (Wildman–Crippen MR) is 63.1 cm³/mol. The van der Waals surface area contributed by atoms with Crippen LogP contribution in [0.4, 0.5) is 0 Å². The monoisotopic (exact) mass is 252 g/mol. The van der Waals surface area contributed by atoms with Crippen molar-refractivity contribution in [2.75, 3.05) is 13.2 Å². The van der Waals surface area contributed by atoms with E-state index in [0.29, 0.717) is 12.8 Å². The van der Waals surface area contributed by atoms with Gasteiger partial charge in [-0.15, -0.1) is 0 Å². The van der Waals surface area contributed by atoms with Crippen molar-refractivity contribution in [3.63, 3.8) is 0 Å². The van der Waals surface area contributed by atoms with E-state index in [9.17, 15) is 19.2 Å². The zero-order chi connectivity index (χ0) is 13.4. The molecule has 1 heterocycles. The van der Waals surface area contributed by atoms with Gasteiger partial charge in [0.1, 0.15) is 11.6 Å². The highest BCUT2D eigenvalue weighted by atomic mass is 16.5. The molecule has 0 radical (unpaired) electrons. The minimum absolute atomic E-state index is 0.0787. The second kappa shape index (κ2) is 7.66. The highest BCUT2D eigenvalue weighted by Crippen LogP contribution is 2.07. The van der Waals surface area contributed by atoms with Crippen LogP contribution in [0.2, 0.25) is 0 Å². The first-order valence-electron chi connectivity index (χ1n) is 5.93. The number of hydrogen-bond donors (Lipinski definition) is 0. The smallest absolute Gasteiger partial charge is 0.163 e. The van der Waals surface area contributed by atoms with Crippen LogP contribution in [0.25, 0.3) is 0 Å². The molecule has 0 aromatic rings. The number of carbonyl (C=O) groups is 4. The molecule has 5 nitrogen and oxygen atoms in total. The van der Waals surface area contributed by atoms with E-state index < -0.39 is 0 Å². The number of ether oxygens (including phenoxy) is 1. The lowest BCUT2D eigenvalue weighted by molar-refractivity contribution is -0.122. The van der Waals surface area contributed by atoms with Gasteiger partial charge < -0.3 is 4.74 Å². The quantitative estimate of drug-likeness (QED) is 0.596. The first-order valence-corrected chi connectivity index (χ1v) is 5.93. The average molecular weight is 252 g/mol. The number of carbonyl (C=O) groups excluding carboxylic acids is 4. The number of rotatable bonds is 0. The van der Waals surface area contributed by atoms with Gasteiger partial charge in [0.2, 0.25) is 0 Å². The number of Topliss-reactive ketones (excluding diaryl/α,β-unsaturated/α-hetero) is 2. The van der Waals surface area contributed by atoms with E-state index in [1.54, 1.807) is 0 Å². The van der Waals surface area contributed by atoms with Crippen LogP contribution in [0.5, 0.6) is 0 Å². The summed E-state index contributed by atoms with van der Waals surface area (Å²) in [6, 6.07) is 0.